The second-order valence-corrected chi connectivity index (χ2v) is 10.4. The van der Waals surface area contributed by atoms with Crippen LogP contribution in [0.25, 0.3) is 11.3 Å². The van der Waals surface area contributed by atoms with Crippen LogP contribution in [0.15, 0.2) is 61.1 Å². The second kappa shape index (κ2) is 10.00. The molecule has 194 valence electrons. The summed E-state index contributed by atoms with van der Waals surface area (Å²) in [5.74, 6) is 0.354. The zero-order chi connectivity index (χ0) is 26.2. The number of amides is 1. The number of likely N-dealkylation sites (tertiary alicyclic amines) is 1. The fraction of sp³-hybridized carbons (Fsp3) is 0.310. The summed E-state index contributed by atoms with van der Waals surface area (Å²) in [5.41, 5.74) is 7.25. The van der Waals surface area contributed by atoms with Crippen molar-refractivity contribution in [1.82, 2.24) is 30.0 Å². The number of piperazine rings is 1. The molecule has 0 saturated carbocycles. The molecule has 38 heavy (non-hydrogen) atoms. The van der Waals surface area contributed by atoms with Crippen LogP contribution in [0, 0.1) is 13.8 Å². The van der Waals surface area contributed by atoms with Gasteiger partial charge in [-0.05, 0) is 67.3 Å². The molecule has 3 N–H and O–H groups in total. The Morgan fingerprint density at radius 2 is 1.95 bits per heavy atom. The number of anilines is 3. The van der Waals surface area contributed by atoms with E-state index >= 15 is 0 Å². The summed E-state index contributed by atoms with van der Waals surface area (Å²) in [6.45, 7) is 7.08. The summed E-state index contributed by atoms with van der Waals surface area (Å²) in [6, 6.07) is 15.0. The smallest absolute Gasteiger partial charge is 0.255 e. The first-order chi connectivity index (χ1) is 18.4. The Morgan fingerprint density at radius 3 is 2.66 bits per heavy atom. The molecule has 2 aliphatic heterocycles. The fourth-order valence-corrected chi connectivity index (χ4v) is 5.34. The standard InChI is InChI=1S/C29H32N8O/c1-18-4-5-20(15-37-17-24-11-25(37)14-30-24)10-26(18)34-28(38)21-6-8-23(9-7-21)33-29-31-12-19(2)27(35-29)22-13-32-36(3)16-22/h4-10,12-13,16,24-25,30H,11,14-15,17H2,1-3H3,(H,34,38)(H,31,33,35). The van der Waals surface area contributed by atoms with Crippen LogP contribution in [0.3, 0.4) is 0 Å². The van der Waals surface area contributed by atoms with Crippen LogP contribution >= 0.6 is 0 Å². The number of hydrogen-bond acceptors (Lipinski definition) is 7. The van der Waals surface area contributed by atoms with Gasteiger partial charge in [-0.15, -0.1) is 0 Å². The normalized spacial score (nSPS) is 18.6. The van der Waals surface area contributed by atoms with E-state index in [1.165, 1.54) is 12.0 Å². The lowest BCUT2D eigenvalue weighted by atomic mass is 10.1. The largest absolute Gasteiger partial charge is 0.324 e. The molecule has 2 aromatic heterocycles. The SMILES string of the molecule is Cc1ccc(CN2CC3CC2CN3)cc1NC(=O)c1ccc(Nc2ncc(C)c(-c3cnn(C)c3)n2)cc1. The molecule has 1 amide bonds. The Balaban J connectivity index is 1.11. The van der Waals surface area contributed by atoms with E-state index in [1.807, 2.05) is 39.2 Å². The number of aryl methyl sites for hydroxylation is 3. The van der Waals surface area contributed by atoms with E-state index in [-0.39, 0.29) is 5.91 Å². The first-order valence-electron chi connectivity index (χ1n) is 13.0. The molecule has 0 aliphatic carbocycles. The first kappa shape index (κ1) is 24.3. The summed E-state index contributed by atoms with van der Waals surface area (Å²) in [7, 11) is 1.88. The molecule has 9 nitrogen and oxygen atoms in total. The number of hydrogen-bond donors (Lipinski definition) is 3. The highest BCUT2D eigenvalue weighted by Crippen LogP contribution is 2.27. The minimum Gasteiger partial charge on any atom is -0.324 e. The predicted molar refractivity (Wildman–Crippen MR) is 148 cm³/mol. The summed E-state index contributed by atoms with van der Waals surface area (Å²) >= 11 is 0. The second-order valence-electron chi connectivity index (χ2n) is 10.4. The number of fused-ring (bicyclic) bond motifs is 2. The van der Waals surface area contributed by atoms with Gasteiger partial charge in [0.25, 0.3) is 5.91 Å². The fourth-order valence-electron chi connectivity index (χ4n) is 5.34. The van der Waals surface area contributed by atoms with Crippen molar-refractivity contribution in [2.45, 2.75) is 38.9 Å². The topological polar surface area (TPSA) is 100 Å². The Hall–Kier alpha value is -4.08. The van der Waals surface area contributed by atoms with Crippen molar-refractivity contribution < 1.29 is 4.79 Å². The molecule has 2 aliphatic rings. The first-order valence-corrected chi connectivity index (χ1v) is 13.0. The lowest BCUT2D eigenvalue weighted by Crippen LogP contribution is -2.42. The maximum atomic E-state index is 13.1. The Bertz CT molecular complexity index is 1480. The molecular formula is C29H32N8O. The lowest BCUT2D eigenvalue weighted by Gasteiger charge is -2.27. The third-order valence-electron chi connectivity index (χ3n) is 7.46. The minimum absolute atomic E-state index is 0.133. The highest BCUT2D eigenvalue weighted by atomic mass is 16.1. The van der Waals surface area contributed by atoms with Crippen LogP contribution in [0.2, 0.25) is 0 Å². The van der Waals surface area contributed by atoms with Gasteiger partial charge in [0.15, 0.2) is 0 Å². The molecule has 9 heteroatoms. The molecule has 0 radical (unpaired) electrons. The van der Waals surface area contributed by atoms with Crippen molar-refractivity contribution in [3.8, 4) is 11.3 Å². The Kier molecular flexibility index (Phi) is 6.39. The van der Waals surface area contributed by atoms with Gasteiger partial charge < -0.3 is 16.0 Å². The Morgan fingerprint density at radius 1 is 1.11 bits per heavy atom. The van der Waals surface area contributed by atoms with Crippen molar-refractivity contribution in [3.63, 3.8) is 0 Å². The summed E-state index contributed by atoms with van der Waals surface area (Å²) < 4.78 is 1.75. The number of nitrogens with zero attached hydrogens (tertiary/aromatic N) is 5. The molecule has 2 saturated heterocycles. The van der Waals surface area contributed by atoms with Gasteiger partial charge in [0.05, 0.1) is 11.9 Å². The van der Waals surface area contributed by atoms with Gasteiger partial charge in [-0.2, -0.15) is 5.10 Å². The van der Waals surface area contributed by atoms with E-state index in [0.717, 1.165) is 53.4 Å². The summed E-state index contributed by atoms with van der Waals surface area (Å²) in [4.78, 5) is 24.7. The molecule has 2 fully saturated rings. The monoisotopic (exact) mass is 508 g/mol. The van der Waals surface area contributed by atoms with Crippen molar-refractivity contribution in [2.75, 3.05) is 23.7 Å². The van der Waals surface area contributed by atoms with Crippen molar-refractivity contribution in [1.29, 1.82) is 0 Å². The number of carbonyl (C=O) groups excluding carboxylic acids is 1. The maximum absolute atomic E-state index is 13.1. The van der Waals surface area contributed by atoms with Gasteiger partial charge >= 0.3 is 0 Å². The highest BCUT2D eigenvalue weighted by Gasteiger charge is 2.37. The van der Waals surface area contributed by atoms with Gasteiger partial charge in [0.1, 0.15) is 0 Å². The third kappa shape index (κ3) is 5.03. The van der Waals surface area contributed by atoms with Gasteiger partial charge in [0.2, 0.25) is 5.95 Å². The lowest BCUT2D eigenvalue weighted by molar-refractivity contribution is 0.102. The number of benzene rings is 2. The molecule has 4 heterocycles. The maximum Gasteiger partial charge on any atom is 0.255 e. The summed E-state index contributed by atoms with van der Waals surface area (Å²) in [5, 5.41) is 14.1. The molecule has 2 atom stereocenters. The van der Waals surface area contributed by atoms with E-state index in [4.69, 9.17) is 0 Å². The van der Waals surface area contributed by atoms with E-state index in [2.05, 4.69) is 54.1 Å². The predicted octanol–water partition coefficient (Wildman–Crippen LogP) is 4.04. The van der Waals surface area contributed by atoms with Crippen LogP contribution in [-0.2, 0) is 13.6 Å². The van der Waals surface area contributed by atoms with E-state index in [1.54, 1.807) is 29.2 Å². The molecule has 4 aromatic rings. The number of nitrogens with one attached hydrogen (secondary N) is 3. The van der Waals surface area contributed by atoms with Gasteiger partial charge in [-0.1, -0.05) is 12.1 Å². The zero-order valence-electron chi connectivity index (χ0n) is 21.9. The van der Waals surface area contributed by atoms with E-state index in [9.17, 15) is 4.79 Å². The average Bonchev–Trinajstić information content (AvgIpc) is 3.65. The van der Waals surface area contributed by atoms with Gasteiger partial charge in [-0.3, -0.25) is 14.4 Å². The van der Waals surface area contributed by atoms with Gasteiger partial charge in [0, 0.05) is 73.7 Å². The van der Waals surface area contributed by atoms with Gasteiger partial charge in [-0.25, -0.2) is 9.97 Å². The van der Waals surface area contributed by atoms with Crippen LogP contribution in [0.5, 0.6) is 0 Å². The highest BCUT2D eigenvalue weighted by molar-refractivity contribution is 6.04. The van der Waals surface area contributed by atoms with Crippen LogP contribution in [0.4, 0.5) is 17.3 Å². The molecule has 0 spiro atoms. The number of aromatic nitrogens is 4. The Labute approximate surface area is 222 Å². The van der Waals surface area contributed by atoms with Crippen LogP contribution in [0.1, 0.15) is 33.5 Å². The van der Waals surface area contributed by atoms with Crippen LogP contribution in [-0.4, -0.2) is 55.7 Å². The van der Waals surface area contributed by atoms with Crippen molar-refractivity contribution >= 4 is 23.2 Å². The van der Waals surface area contributed by atoms with E-state index in [0.29, 0.717) is 23.6 Å². The molecule has 2 aromatic carbocycles. The number of carbonyl (C=O) groups is 1. The van der Waals surface area contributed by atoms with Crippen molar-refractivity contribution in [3.05, 3.63) is 83.3 Å². The molecule has 2 bridgehead atoms. The minimum atomic E-state index is -0.133. The third-order valence-corrected chi connectivity index (χ3v) is 7.46. The zero-order valence-corrected chi connectivity index (χ0v) is 21.9. The molecular weight excluding hydrogens is 476 g/mol. The molecule has 2 unspecified atom stereocenters. The number of rotatable bonds is 7. The van der Waals surface area contributed by atoms with E-state index < -0.39 is 0 Å². The average molecular weight is 509 g/mol. The molecule has 6 rings (SSSR count). The van der Waals surface area contributed by atoms with Crippen molar-refractivity contribution in [2.24, 2.45) is 7.05 Å². The quantitative estimate of drug-likeness (QED) is 0.347. The summed E-state index contributed by atoms with van der Waals surface area (Å²) in [6.07, 6.45) is 6.75. The van der Waals surface area contributed by atoms with Crippen LogP contribution < -0.4 is 16.0 Å².